The second-order valence-electron chi connectivity index (χ2n) is 9.65. The zero-order valence-corrected chi connectivity index (χ0v) is 20.1. The first kappa shape index (κ1) is 23.4. The first-order valence-corrected chi connectivity index (χ1v) is 13.0. The van der Waals surface area contributed by atoms with Gasteiger partial charge in [0, 0.05) is 36.0 Å². The molecule has 2 atom stereocenters. The molecule has 2 heterocycles. The number of carboxylic acid groups (broad SMARTS) is 1. The molecule has 0 spiro atoms. The van der Waals surface area contributed by atoms with E-state index in [0.29, 0.717) is 23.6 Å². The Morgan fingerprint density at radius 2 is 1.97 bits per heavy atom. The van der Waals surface area contributed by atoms with Gasteiger partial charge in [0.2, 0.25) is 0 Å². The predicted octanol–water partition coefficient (Wildman–Crippen LogP) is 3.49. The molecule has 9 heteroatoms. The SMILES string of the molecule is COc1cc2c(cc1OCCCS(C)(=O)=O)[C@H]1CCC(C)(C)[C@H]1n1cc(C(=O)O)c(=O)cc1-2. The minimum absolute atomic E-state index is 0.00909. The van der Waals surface area contributed by atoms with Crippen molar-refractivity contribution in [2.45, 2.75) is 45.1 Å². The molecule has 0 bridgehead atoms. The molecular weight excluding hydrogens is 446 g/mol. The molecule has 1 aliphatic heterocycles. The van der Waals surface area contributed by atoms with E-state index >= 15 is 0 Å². The molecule has 0 unspecified atom stereocenters. The summed E-state index contributed by atoms with van der Waals surface area (Å²) >= 11 is 0. The van der Waals surface area contributed by atoms with Crippen molar-refractivity contribution in [3.05, 3.63) is 45.7 Å². The van der Waals surface area contributed by atoms with Gasteiger partial charge in [0.05, 0.1) is 25.2 Å². The minimum atomic E-state index is -3.07. The van der Waals surface area contributed by atoms with Gasteiger partial charge in [-0.3, -0.25) is 4.79 Å². The Labute approximate surface area is 193 Å². The van der Waals surface area contributed by atoms with Crippen LogP contribution in [0.1, 0.15) is 61.0 Å². The average molecular weight is 476 g/mol. The molecular formula is C24H29NO7S. The molecule has 4 rings (SSSR count). The highest BCUT2D eigenvalue weighted by Crippen LogP contribution is 2.59. The Kier molecular flexibility index (Phi) is 5.80. The second-order valence-corrected chi connectivity index (χ2v) is 11.9. The van der Waals surface area contributed by atoms with Gasteiger partial charge in [-0.1, -0.05) is 13.8 Å². The molecule has 2 aromatic rings. The third-order valence-corrected chi connectivity index (χ3v) is 7.85. The van der Waals surface area contributed by atoms with E-state index in [9.17, 15) is 23.1 Å². The highest BCUT2D eigenvalue weighted by Gasteiger charge is 2.47. The summed E-state index contributed by atoms with van der Waals surface area (Å²) in [5.74, 6) is -0.0579. The largest absolute Gasteiger partial charge is 0.493 e. The summed E-state index contributed by atoms with van der Waals surface area (Å²) in [6.07, 6.45) is 4.92. The molecule has 0 amide bonds. The minimum Gasteiger partial charge on any atom is -0.493 e. The number of ether oxygens (including phenoxy) is 2. The van der Waals surface area contributed by atoms with Crippen LogP contribution >= 0.6 is 0 Å². The van der Waals surface area contributed by atoms with Crippen LogP contribution in [-0.4, -0.2) is 49.8 Å². The van der Waals surface area contributed by atoms with Crippen molar-refractivity contribution in [2.24, 2.45) is 5.41 Å². The van der Waals surface area contributed by atoms with Gasteiger partial charge in [0.25, 0.3) is 0 Å². The van der Waals surface area contributed by atoms with Crippen LogP contribution in [0.2, 0.25) is 0 Å². The van der Waals surface area contributed by atoms with Crippen molar-refractivity contribution in [1.29, 1.82) is 0 Å². The standard InChI is InChI=1S/C24H29NO7S/c1-24(2)7-6-14-15-10-21(32-8-5-9-33(4,29)30)20(31-3)11-16(15)18-12-19(26)17(23(27)28)13-25(18)22(14)24/h10-14,22H,5-9H2,1-4H3,(H,27,28)/t14-,22+/m1/s1. The number of rotatable bonds is 7. The van der Waals surface area contributed by atoms with Crippen molar-refractivity contribution >= 4 is 15.8 Å². The quantitative estimate of drug-likeness (QED) is 0.610. The number of carbonyl (C=O) groups is 1. The fraction of sp³-hybridized carbons (Fsp3) is 0.500. The van der Waals surface area contributed by atoms with E-state index in [4.69, 9.17) is 9.47 Å². The van der Waals surface area contributed by atoms with Crippen LogP contribution < -0.4 is 14.9 Å². The maximum absolute atomic E-state index is 12.6. The lowest BCUT2D eigenvalue weighted by Gasteiger charge is -2.40. The highest BCUT2D eigenvalue weighted by molar-refractivity contribution is 7.90. The monoisotopic (exact) mass is 475 g/mol. The lowest BCUT2D eigenvalue weighted by molar-refractivity contribution is 0.0693. The van der Waals surface area contributed by atoms with Gasteiger partial charge < -0.3 is 19.1 Å². The molecule has 1 aromatic carbocycles. The molecule has 1 N–H and O–H groups in total. The lowest BCUT2D eigenvalue weighted by Crippen LogP contribution is -2.32. The molecule has 33 heavy (non-hydrogen) atoms. The van der Waals surface area contributed by atoms with Crippen molar-refractivity contribution in [3.8, 4) is 22.8 Å². The lowest BCUT2D eigenvalue weighted by atomic mass is 9.77. The Bertz CT molecular complexity index is 1280. The molecule has 0 saturated heterocycles. The summed E-state index contributed by atoms with van der Waals surface area (Å²) in [5.41, 5.74) is 1.65. The molecule has 178 valence electrons. The van der Waals surface area contributed by atoms with Gasteiger partial charge in [-0.05, 0) is 42.4 Å². The van der Waals surface area contributed by atoms with Crippen molar-refractivity contribution in [1.82, 2.24) is 4.57 Å². The van der Waals surface area contributed by atoms with Crippen LogP contribution in [0.5, 0.6) is 11.5 Å². The molecule has 1 aliphatic carbocycles. The summed E-state index contributed by atoms with van der Waals surface area (Å²) in [6, 6.07) is 5.16. The zero-order chi connectivity index (χ0) is 24.1. The third kappa shape index (κ3) is 4.26. The summed E-state index contributed by atoms with van der Waals surface area (Å²) in [6.45, 7) is 4.56. The van der Waals surface area contributed by atoms with E-state index in [2.05, 4.69) is 13.8 Å². The van der Waals surface area contributed by atoms with Gasteiger partial charge in [0.15, 0.2) is 16.9 Å². The number of fused-ring (bicyclic) bond motifs is 6. The van der Waals surface area contributed by atoms with Gasteiger partial charge in [-0.2, -0.15) is 0 Å². The topological polar surface area (TPSA) is 112 Å². The third-order valence-electron chi connectivity index (χ3n) is 6.82. The van der Waals surface area contributed by atoms with Crippen LogP contribution in [0.25, 0.3) is 11.3 Å². The number of hydrogen-bond acceptors (Lipinski definition) is 6. The molecule has 2 aliphatic rings. The van der Waals surface area contributed by atoms with Crippen LogP contribution in [0.15, 0.2) is 29.2 Å². The maximum atomic E-state index is 12.6. The molecule has 0 radical (unpaired) electrons. The van der Waals surface area contributed by atoms with E-state index < -0.39 is 21.2 Å². The smallest absolute Gasteiger partial charge is 0.341 e. The number of carboxylic acids is 1. The van der Waals surface area contributed by atoms with Crippen LogP contribution in [0.4, 0.5) is 0 Å². The Morgan fingerprint density at radius 3 is 2.61 bits per heavy atom. The van der Waals surface area contributed by atoms with Crippen molar-refractivity contribution in [2.75, 3.05) is 25.7 Å². The summed E-state index contributed by atoms with van der Waals surface area (Å²) in [7, 11) is -1.54. The van der Waals surface area contributed by atoms with Gasteiger partial charge in [0.1, 0.15) is 15.4 Å². The van der Waals surface area contributed by atoms with Crippen LogP contribution in [-0.2, 0) is 9.84 Å². The number of aromatic carboxylic acids is 1. The summed E-state index contributed by atoms with van der Waals surface area (Å²) < 4.78 is 36.2. The second kappa shape index (κ2) is 8.20. The fourth-order valence-electron chi connectivity index (χ4n) is 5.31. The predicted molar refractivity (Wildman–Crippen MR) is 124 cm³/mol. The van der Waals surface area contributed by atoms with Gasteiger partial charge >= 0.3 is 5.97 Å². The average Bonchev–Trinajstić information content (AvgIpc) is 3.05. The normalized spacial score (nSPS) is 20.5. The number of nitrogens with zero attached hydrogens (tertiary/aromatic N) is 1. The fourth-order valence-corrected chi connectivity index (χ4v) is 5.95. The maximum Gasteiger partial charge on any atom is 0.341 e. The molecule has 1 aromatic heterocycles. The van der Waals surface area contributed by atoms with E-state index in [1.54, 1.807) is 0 Å². The Morgan fingerprint density at radius 1 is 1.24 bits per heavy atom. The summed E-state index contributed by atoms with van der Waals surface area (Å²) in [4.78, 5) is 24.2. The van der Waals surface area contributed by atoms with Crippen molar-refractivity contribution < 1.29 is 27.8 Å². The van der Waals surface area contributed by atoms with Gasteiger partial charge in [-0.25, -0.2) is 13.2 Å². The van der Waals surface area contributed by atoms with E-state index in [-0.39, 0.29) is 35.3 Å². The number of hydrogen-bond donors (Lipinski definition) is 1. The first-order valence-electron chi connectivity index (χ1n) is 11.0. The highest BCUT2D eigenvalue weighted by atomic mass is 32.2. The molecule has 1 saturated carbocycles. The van der Waals surface area contributed by atoms with Crippen LogP contribution in [0.3, 0.4) is 0 Å². The molecule has 8 nitrogen and oxygen atoms in total. The number of benzene rings is 1. The number of sulfone groups is 1. The number of methoxy groups -OCH3 is 1. The van der Waals surface area contributed by atoms with Gasteiger partial charge in [-0.15, -0.1) is 0 Å². The molecule has 1 fully saturated rings. The van der Waals surface area contributed by atoms with E-state index in [1.165, 1.54) is 25.6 Å². The first-order chi connectivity index (χ1) is 15.4. The summed E-state index contributed by atoms with van der Waals surface area (Å²) in [5, 5.41) is 9.52. The number of aromatic nitrogens is 1. The zero-order valence-electron chi connectivity index (χ0n) is 19.3. The van der Waals surface area contributed by atoms with Crippen molar-refractivity contribution in [3.63, 3.8) is 0 Å². The Hall–Kier alpha value is -2.81. The number of pyridine rings is 1. The Balaban J connectivity index is 1.82. The van der Waals surface area contributed by atoms with Crippen LogP contribution in [0, 0.1) is 5.41 Å². The van der Waals surface area contributed by atoms with E-state index in [0.717, 1.165) is 24.0 Å². The van der Waals surface area contributed by atoms with E-state index in [1.807, 2.05) is 16.7 Å².